The van der Waals surface area contributed by atoms with Crippen LogP contribution in [0.3, 0.4) is 0 Å². The summed E-state index contributed by atoms with van der Waals surface area (Å²) in [5.41, 5.74) is 1.35. The predicted molar refractivity (Wildman–Crippen MR) is 114 cm³/mol. The molecule has 1 aliphatic rings. The number of amides is 1. The molecule has 0 saturated carbocycles. The number of rotatable bonds is 6. The first-order valence-corrected chi connectivity index (χ1v) is 10.1. The number of benzene rings is 2. The molecule has 7 nitrogen and oxygen atoms in total. The molecule has 0 unspecified atom stereocenters. The highest BCUT2D eigenvalue weighted by molar-refractivity contribution is 6.30. The first-order chi connectivity index (χ1) is 14.3. The monoisotopic (exact) mass is 434 g/mol. The maximum Gasteiger partial charge on any atom is 0.294 e. The molecule has 0 aromatic heterocycles. The van der Waals surface area contributed by atoms with E-state index < -0.39 is 4.92 Å². The van der Waals surface area contributed by atoms with Crippen molar-refractivity contribution in [3.63, 3.8) is 0 Å². The normalized spacial score (nSPS) is 16.7. The third kappa shape index (κ3) is 5.06. The molecule has 0 bridgehead atoms. The van der Waals surface area contributed by atoms with Crippen molar-refractivity contribution < 1.29 is 14.1 Å². The SMILES string of the molecule is C[C@H](C(=O)N[C@H](C)c1ccc(F)cc1)N1CCN(c2ccc(Cl)cc2[N+](=O)[O-])CC1. The molecule has 0 aliphatic carbocycles. The van der Waals surface area contributed by atoms with Crippen molar-refractivity contribution in [2.45, 2.75) is 25.9 Å². The van der Waals surface area contributed by atoms with Crippen LogP contribution in [0.25, 0.3) is 0 Å². The number of carbonyl (C=O) groups excluding carboxylic acids is 1. The summed E-state index contributed by atoms with van der Waals surface area (Å²) >= 11 is 5.90. The summed E-state index contributed by atoms with van der Waals surface area (Å²) in [6, 6.07) is 10.1. The Labute approximate surface area is 179 Å². The Morgan fingerprint density at radius 3 is 2.37 bits per heavy atom. The molecule has 2 aromatic rings. The van der Waals surface area contributed by atoms with Gasteiger partial charge in [0.25, 0.3) is 5.69 Å². The smallest absolute Gasteiger partial charge is 0.294 e. The summed E-state index contributed by atoms with van der Waals surface area (Å²) in [6.45, 7) is 6.02. The van der Waals surface area contributed by atoms with Gasteiger partial charge in [0.05, 0.1) is 17.0 Å². The zero-order valence-corrected chi connectivity index (χ0v) is 17.6. The molecule has 2 aromatic carbocycles. The minimum Gasteiger partial charge on any atom is -0.363 e. The number of nitrogens with zero attached hydrogens (tertiary/aromatic N) is 3. The van der Waals surface area contributed by atoms with Gasteiger partial charge in [-0.25, -0.2) is 4.39 Å². The van der Waals surface area contributed by atoms with Gasteiger partial charge in [0, 0.05) is 37.3 Å². The van der Waals surface area contributed by atoms with Gasteiger partial charge < -0.3 is 10.2 Å². The number of nitro benzene ring substituents is 1. The van der Waals surface area contributed by atoms with Crippen LogP contribution < -0.4 is 10.2 Å². The Morgan fingerprint density at radius 1 is 1.13 bits per heavy atom. The fourth-order valence-electron chi connectivity index (χ4n) is 3.59. The van der Waals surface area contributed by atoms with Gasteiger partial charge in [-0.05, 0) is 43.7 Å². The molecule has 1 amide bonds. The van der Waals surface area contributed by atoms with Crippen LogP contribution in [0, 0.1) is 15.9 Å². The quantitative estimate of drug-likeness (QED) is 0.553. The minimum atomic E-state index is -0.430. The number of anilines is 1. The summed E-state index contributed by atoms with van der Waals surface area (Å²) in [4.78, 5) is 27.6. The van der Waals surface area contributed by atoms with Crippen LogP contribution in [0.4, 0.5) is 15.8 Å². The number of carbonyl (C=O) groups is 1. The van der Waals surface area contributed by atoms with Gasteiger partial charge in [0.1, 0.15) is 11.5 Å². The summed E-state index contributed by atoms with van der Waals surface area (Å²) in [6.07, 6.45) is 0. The van der Waals surface area contributed by atoms with E-state index in [0.29, 0.717) is 36.9 Å². The molecule has 1 heterocycles. The summed E-state index contributed by atoms with van der Waals surface area (Å²) in [5.74, 6) is -0.429. The molecule has 0 spiro atoms. The number of nitrogens with one attached hydrogen (secondary N) is 1. The lowest BCUT2D eigenvalue weighted by atomic mass is 10.1. The van der Waals surface area contributed by atoms with Gasteiger partial charge >= 0.3 is 0 Å². The number of halogens is 2. The second-order valence-corrected chi connectivity index (χ2v) is 7.81. The van der Waals surface area contributed by atoms with Crippen LogP contribution >= 0.6 is 11.6 Å². The van der Waals surface area contributed by atoms with Crippen LogP contribution in [-0.2, 0) is 4.79 Å². The topological polar surface area (TPSA) is 78.7 Å². The van der Waals surface area contributed by atoms with Gasteiger partial charge in [-0.15, -0.1) is 0 Å². The van der Waals surface area contributed by atoms with Crippen molar-refractivity contribution in [1.82, 2.24) is 10.2 Å². The Hall–Kier alpha value is -2.71. The van der Waals surface area contributed by atoms with Crippen LogP contribution in [0.2, 0.25) is 5.02 Å². The van der Waals surface area contributed by atoms with Crippen molar-refractivity contribution in [3.8, 4) is 0 Å². The average molecular weight is 435 g/mol. The largest absolute Gasteiger partial charge is 0.363 e. The highest BCUT2D eigenvalue weighted by Crippen LogP contribution is 2.31. The van der Waals surface area contributed by atoms with E-state index >= 15 is 0 Å². The Morgan fingerprint density at radius 2 is 1.77 bits per heavy atom. The number of piperazine rings is 1. The third-order valence-electron chi connectivity index (χ3n) is 5.45. The minimum absolute atomic E-state index is 0.0186. The van der Waals surface area contributed by atoms with Gasteiger partial charge in [0.2, 0.25) is 5.91 Å². The lowest BCUT2D eigenvalue weighted by Gasteiger charge is -2.38. The van der Waals surface area contributed by atoms with E-state index in [0.717, 1.165) is 5.56 Å². The van der Waals surface area contributed by atoms with E-state index in [1.54, 1.807) is 24.3 Å². The molecule has 0 radical (unpaired) electrons. The zero-order valence-electron chi connectivity index (χ0n) is 16.8. The average Bonchev–Trinajstić information content (AvgIpc) is 2.73. The maximum atomic E-state index is 13.1. The van der Waals surface area contributed by atoms with Crippen molar-refractivity contribution in [2.75, 3.05) is 31.1 Å². The molecule has 1 fully saturated rings. The lowest BCUT2D eigenvalue weighted by Crippen LogP contribution is -2.54. The molecule has 1 saturated heterocycles. The number of hydrogen-bond acceptors (Lipinski definition) is 5. The number of hydrogen-bond donors (Lipinski definition) is 1. The van der Waals surface area contributed by atoms with E-state index in [1.165, 1.54) is 18.2 Å². The summed E-state index contributed by atoms with van der Waals surface area (Å²) in [5, 5.41) is 14.6. The van der Waals surface area contributed by atoms with E-state index in [4.69, 9.17) is 11.6 Å². The Kier molecular flexibility index (Phi) is 6.89. The van der Waals surface area contributed by atoms with Crippen molar-refractivity contribution in [3.05, 3.63) is 69.0 Å². The molecular weight excluding hydrogens is 411 g/mol. The van der Waals surface area contributed by atoms with Gasteiger partial charge in [-0.2, -0.15) is 0 Å². The maximum absolute atomic E-state index is 13.1. The fraction of sp³-hybridized carbons (Fsp3) is 0.381. The van der Waals surface area contributed by atoms with E-state index in [2.05, 4.69) is 5.32 Å². The highest BCUT2D eigenvalue weighted by Gasteiger charge is 2.29. The van der Waals surface area contributed by atoms with Gasteiger partial charge in [-0.1, -0.05) is 23.7 Å². The van der Waals surface area contributed by atoms with Crippen molar-refractivity contribution >= 4 is 28.9 Å². The molecule has 9 heteroatoms. The van der Waals surface area contributed by atoms with Gasteiger partial charge in [0.15, 0.2) is 0 Å². The predicted octanol–water partition coefficient (Wildman–Crippen LogP) is 3.78. The third-order valence-corrected chi connectivity index (χ3v) is 5.68. The van der Waals surface area contributed by atoms with E-state index in [1.807, 2.05) is 23.6 Å². The molecule has 1 N–H and O–H groups in total. The van der Waals surface area contributed by atoms with Crippen LogP contribution in [-0.4, -0.2) is 48.0 Å². The Bertz CT molecular complexity index is 917. The van der Waals surface area contributed by atoms with Gasteiger partial charge in [-0.3, -0.25) is 19.8 Å². The van der Waals surface area contributed by atoms with Crippen LogP contribution in [0.5, 0.6) is 0 Å². The first-order valence-electron chi connectivity index (χ1n) is 9.75. The molecule has 1 aliphatic heterocycles. The van der Waals surface area contributed by atoms with Crippen molar-refractivity contribution in [2.24, 2.45) is 0 Å². The molecule has 2 atom stereocenters. The molecule has 3 rings (SSSR count). The second kappa shape index (κ2) is 9.40. The van der Waals surface area contributed by atoms with Crippen LogP contribution in [0.1, 0.15) is 25.5 Å². The molecule has 160 valence electrons. The lowest BCUT2D eigenvalue weighted by molar-refractivity contribution is -0.384. The first kappa shape index (κ1) is 22.0. The summed E-state index contributed by atoms with van der Waals surface area (Å²) in [7, 11) is 0. The van der Waals surface area contributed by atoms with E-state index in [-0.39, 0.29) is 29.5 Å². The summed E-state index contributed by atoms with van der Waals surface area (Å²) < 4.78 is 13.1. The standard InChI is InChI=1S/C21H24ClFN4O3/c1-14(16-3-6-18(23)7-4-16)24-21(28)15(2)25-9-11-26(12-10-25)19-8-5-17(22)13-20(19)27(29)30/h3-8,13-15H,9-12H2,1-2H3,(H,24,28)/t14-,15-/m1/s1. The second-order valence-electron chi connectivity index (χ2n) is 7.37. The molecule has 30 heavy (non-hydrogen) atoms. The van der Waals surface area contributed by atoms with E-state index in [9.17, 15) is 19.3 Å². The Balaban J connectivity index is 1.58. The zero-order chi connectivity index (χ0) is 21.8. The van der Waals surface area contributed by atoms with Crippen molar-refractivity contribution in [1.29, 1.82) is 0 Å². The fourth-order valence-corrected chi connectivity index (χ4v) is 3.76. The number of nitro groups is 1. The van der Waals surface area contributed by atoms with Crippen LogP contribution in [0.15, 0.2) is 42.5 Å². The highest BCUT2D eigenvalue weighted by atomic mass is 35.5. The molecular formula is C21H24ClFN4O3.